The molecule has 2 aliphatic carbocycles. The van der Waals surface area contributed by atoms with E-state index in [4.69, 9.17) is 0 Å². The molecule has 0 amide bonds. The first kappa shape index (κ1) is 16.7. The third kappa shape index (κ3) is 2.97. The fourth-order valence-electron chi connectivity index (χ4n) is 5.50. The van der Waals surface area contributed by atoms with Crippen LogP contribution in [0.3, 0.4) is 0 Å². The monoisotopic (exact) mass is 292 g/mol. The summed E-state index contributed by atoms with van der Waals surface area (Å²) in [5, 5.41) is 11.0. The van der Waals surface area contributed by atoms with Crippen molar-refractivity contribution < 1.29 is 9.90 Å². The van der Waals surface area contributed by atoms with Crippen LogP contribution in [0.4, 0.5) is 0 Å². The van der Waals surface area contributed by atoms with Crippen LogP contribution in [0.5, 0.6) is 0 Å². The topological polar surface area (TPSA) is 37.3 Å². The molecule has 2 aliphatic rings. The highest BCUT2D eigenvalue weighted by Crippen LogP contribution is 2.62. The average Bonchev–Trinajstić information content (AvgIpc) is 2.35. The van der Waals surface area contributed by atoms with Gasteiger partial charge in [0.15, 0.2) is 0 Å². The minimum atomic E-state index is -0.613. The molecule has 1 N–H and O–H groups in total. The molecule has 0 aromatic carbocycles. The second-order valence-electron chi connectivity index (χ2n) is 8.65. The number of hydrogen-bond donors (Lipinski definition) is 1. The Balaban J connectivity index is 2.35. The van der Waals surface area contributed by atoms with Gasteiger partial charge in [0, 0.05) is 0 Å². The normalized spacial score (nSPS) is 43.2. The third-order valence-electron chi connectivity index (χ3n) is 6.62. The van der Waals surface area contributed by atoms with Gasteiger partial charge < -0.3 is 5.11 Å². The summed E-state index contributed by atoms with van der Waals surface area (Å²) in [6, 6.07) is 0. The van der Waals surface area contributed by atoms with E-state index in [2.05, 4.69) is 20.8 Å². The smallest absolute Gasteiger partial charge is 0.145 e. The van der Waals surface area contributed by atoms with Crippen LogP contribution < -0.4 is 0 Å². The number of carbonyl (C=O) groups excluding carboxylic acids is 1. The Labute approximate surface area is 130 Å². The van der Waals surface area contributed by atoms with Gasteiger partial charge >= 0.3 is 0 Å². The summed E-state index contributed by atoms with van der Waals surface area (Å²) in [4.78, 5) is 10.9. The van der Waals surface area contributed by atoms with Crippen molar-refractivity contribution in [3.05, 3.63) is 11.6 Å². The molecule has 0 aromatic rings. The van der Waals surface area contributed by atoms with E-state index in [0.717, 1.165) is 31.1 Å². The Morgan fingerprint density at radius 1 is 1.19 bits per heavy atom. The molecule has 0 bridgehead atoms. The minimum Gasteiger partial charge on any atom is -0.390 e. The van der Waals surface area contributed by atoms with Gasteiger partial charge in [-0.2, -0.15) is 0 Å². The maximum absolute atomic E-state index is 11.0. The van der Waals surface area contributed by atoms with Gasteiger partial charge in [-0.05, 0) is 74.2 Å². The summed E-state index contributed by atoms with van der Waals surface area (Å²) in [6.45, 7) is 11.1. The SMILES string of the molecule is C/C(C=O)=C\C[C@@H]1[C@@]2(C)CCCC(C)(C)[C@@H]2CC[C@@]1(C)O. The van der Waals surface area contributed by atoms with E-state index < -0.39 is 5.60 Å². The van der Waals surface area contributed by atoms with Gasteiger partial charge in [0.1, 0.15) is 6.29 Å². The third-order valence-corrected chi connectivity index (χ3v) is 6.62. The van der Waals surface area contributed by atoms with Gasteiger partial charge in [-0.1, -0.05) is 33.3 Å². The van der Waals surface area contributed by atoms with Crippen molar-refractivity contribution in [1.82, 2.24) is 0 Å². The van der Waals surface area contributed by atoms with Gasteiger partial charge in [0.05, 0.1) is 5.60 Å². The lowest BCUT2D eigenvalue weighted by molar-refractivity contribution is -0.165. The molecule has 0 heterocycles. The van der Waals surface area contributed by atoms with Crippen LogP contribution in [0, 0.1) is 22.7 Å². The summed E-state index contributed by atoms with van der Waals surface area (Å²) in [6.07, 6.45) is 9.53. The molecule has 0 aromatic heterocycles. The molecule has 0 aliphatic heterocycles. The number of rotatable bonds is 3. The lowest BCUT2D eigenvalue weighted by Gasteiger charge is -2.61. The Kier molecular flexibility index (Phi) is 4.41. The maximum Gasteiger partial charge on any atom is 0.145 e. The first-order chi connectivity index (χ1) is 9.63. The number of carbonyl (C=O) groups is 1. The summed E-state index contributed by atoms with van der Waals surface area (Å²) < 4.78 is 0. The molecular weight excluding hydrogens is 260 g/mol. The first-order valence-electron chi connectivity index (χ1n) is 8.48. The van der Waals surface area contributed by atoms with Crippen molar-refractivity contribution in [2.45, 2.75) is 78.7 Å². The number of aliphatic hydroxyl groups is 1. The number of aldehydes is 1. The van der Waals surface area contributed by atoms with Crippen molar-refractivity contribution in [2.24, 2.45) is 22.7 Å². The van der Waals surface area contributed by atoms with Crippen molar-refractivity contribution in [2.75, 3.05) is 0 Å². The fourth-order valence-corrected chi connectivity index (χ4v) is 5.50. The molecule has 2 nitrogen and oxygen atoms in total. The number of hydrogen-bond acceptors (Lipinski definition) is 2. The predicted molar refractivity (Wildman–Crippen MR) is 87.0 cm³/mol. The largest absolute Gasteiger partial charge is 0.390 e. The lowest BCUT2D eigenvalue weighted by Crippen LogP contribution is -2.57. The Morgan fingerprint density at radius 3 is 2.48 bits per heavy atom. The van der Waals surface area contributed by atoms with Crippen LogP contribution in [0.1, 0.15) is 73.1 Å². The van der Waals surface area contributed by atoms with E-state index in [1.165, 1.54) is 19.3 Å². The first-order valence-corrected chi connectivity index (χ1v) is 8.48. The van der Waals surface area contributed by atoms with Gasteiger partial charge in [0.25, 0.3) is 0 Å². The second kappa shape index (κ2) is 5.53. The highest BCUT2D eigenvalue weighted by Gasteiger charge is 2.57. The Morgan fingerprint density at radius 2 is 1.86 bits per heavy atom. The van der Waals surface area contributed by atoms with E-state index >= 15 is 0 Å². The zero-order chi connectivity index (χ0) is 15.9. The molecular formula is C19H32O2. The fraction of sp³-hybridized carbons (Fsp3) is 0.842. The molecule has 2 heteroatoms. The van der Waals surface area contributed by atoms with Crippen LogP contribution in [-0.2, 0) is 4.79 Å². The Hall–Kier alpha value is -0.630. The zero-order valence-corrected chi connectivity index (χ0v) is 14.4. The van der Waals surface area contributed by atoms with Crippen LogP contribution in [0.25, 0.3) is 0 Å². The number of fused-ring (bicyclic) bond motifs is 1. The highest BCUT2D eigenvalue weighted by molar-refractivity contribution is 5.71. The molecule has 2 saturated carbocycles. The van der Waals surface area contributed by atoms with Crippen molar-refractivity contribution in [3.8, 4) is 0 Å². The van der Waals surface area contributed by atoms with E-state index in [9.17, 15) is 9.90 Å². The zero-order valence-electron chi connectivity index (χ0n) is 14.4. The number of allylic oxidation sites excluding steroid dienone is 2. The molecule has 120 valence electrons. The van der Waals surface area contributed by atoms with E-state index in [0.29, 0.717) is 11.3 Å². The summed E-state index contributed by atoms with van der Waals surface area (Å²) in [7, 11) is 0. The average molecular weight is 292 g/mol. The van der Waals surface area contributed by atoms with Gasteiger partial charge in [-0.3, -0.25) is 4.79 Å². The van der Waals surface area contributed by atoms with E-state index in [-0.39, 0.29) is 11.3 Å². The molecule has 0 saturated heterocycles. The van der Waals surface area contributed by atoms with Crippen LogP contribution in [0.2, 0.25) is 0 Å². The highest BCUT2D eigenvalue weighted by atomic mass is 16.3. The van der Waals surface area contributed by atoms with Crippen molar-refractivity contribution in [1.29, 1.82) is 0 Å². The van der Waals surface area contributed by atoms with Gasteiger partial charge in [-0.25, -0.2) is 0 Å². The van der Waals surface area contributed by atoms with Crippen molar-refractivity contribution >= 4 is 6.29 Å². The molecule has 0 unspecified atom stereocenters. The summed E-state index contributed by atoms with van der Waals surface area (Å²) in [5.41, 5.74) is 0.721. The van der Waals surface area contributed by atoms with Crippen molar-refractivity contribution in [3.63, 3.8) is 0 Å². The maximum atomic E-state index is 11.0. The molecule has 4 atom stereocenters. The molecule has 2 rings (SSSR count). The summed E-state index contributed by atoms with van der Waals surface area (Å²) in [5.74, 6) is 0.923. The second-order valence-corrected chi connectivity index (χ2v) is 8.65. The minimum absolute atomic E-state index is 0.184. The van der Waals surface area contributed by atoms with E-state index in [1.54, 1.807) is 0 Å². The van der Waals surface area contributed by atoms with Gasteiger partial charge in [0.2, 0.25) is 0 Å². The Bertz CT molecular complexity index is 433. The van der Waals surface area contributed by atoms with Crippen LogP contribution >= 0.6 is 0 Å². The van der Waals surface area contributed by atoms with Gasteiger partial charge in [-0.15, -0.1) is 0 Å². The lowest BCUT2D eigenvalue weighted by atomic mass is 9.45. The molecule has 21 heavy (non-hydrogen) atoms. The van der Waals surface area contributed by atoms with Crippen LogP contribution in [-0.4, -0.2) is 17.0 Å². The molecule has 0 radical (unpaired) electrons. The van der Waals surface area contributed by atoms with E-state index in [1.807, 2.05) is 19.9 Å². The quantitative estimate of drug-likeness (QED) is 0.613. The molecule has 0 spiro atoms. The molecule has 2 fully saturated rings. The summed E-state index contributed by atoms with van der Waals surface area (Å²) >= 11 is 0. The standard InChI is InChI=1S/C19H32O2/c1-14(13-20)7-8-16-18(4)11-6-10-17(2,3)15(18)9-12-19(16,5)21/h7,13,15-16,21H,6,8-12H2,1-5H3/b14-7+/t15-,16+,18-,19+/m0/s1. The predicted octanol–water partition coefficient (Wildman–Crippen LogP) is 4.52. The van der Waals surface area contributed by atoms with Crippen LogP contribution in [0.15, 0.2) is 11.6 Å².